The summed E-state index contributed by atoms with van der Waals surface area (Å²) in [5, 5.41) is 0.0668. The number of anilines is 1. The maximum Gasteiger partial charge on any atom is 0.253 e. The minimum Gasteiger partial charge on any atom is -0.375 e. The Labute approximate surface area is 123 Å². The first-order chi connectivity index (χ1) is 9.56. The maximum atomic E-state index is 12.4. The van der Waals surface area contributed by atoms with Crippen molar-refractivity contribution >= 4 is 28.5 Å². The standard InChI is InChI=1S/C15H19NO3S/c1-10-5-4-6-11(2)14(10)16(13(17)9-19-3)12-7-8-20-15(12)18/h4-6,12H,7-9H2,1-3H3. The number of carbonyl (C=O) groups excluding carboxylic acids is 2. The average molecular weight is 293 g/mol. The lowest BCUT2D eigenvalue weighted by Gasteiger charge is -2.30. The highest BCUT2D eigenvalue weighted by molar-refractivity contribution is 8.14. The van der Waals surface area contributed by atoms with Gasteiger partial charge in [0.05, 0.1) is 5.69 Å². The highest BCUT2D eigenvalue weighted by Gasteiger charge is 2.36. The van der Waals surface area contributed by atoms with E-state index in [9.17, 15) is 9.59 Å². The molecule has 0 saturated carbocycles. The highest BCUT2D eigenvalue weighted by atomic mass is 32.2. The first-order valence-corrected chi connectivity index (χ1v) is 7.58. The van der Waals surface area contributed by atoms with Gasteiger partial charge >= 0.3 is 0 Å². The van der Waals surface area contributed by atoms with Crippen LogP contribution in [0.4, 0.5) is 5.69 Å². The zero-order valence-corrected chi connectivity index (χ0v) is 12.8. The lowest BCUT2D eigenvalue weighted by molar-refractivity contribution is -0.124. The van der Waals surface area contributed by atoms with E-state index in [1.165, 1.54) is 18.9 Å². The molecule has 4 nitrogen and oxygen atoms in total. The summed E-state index contributed by atoms with van der Waals surface area (Å²) in [7, 11) is 1.49. The number of methoxy groups -OCH3 is 1. The van der Waals surface area contributed by atoms with Crippen LogP contribution in [0.5, 0.6) is 0 Å². The van der Waals surface area contributed by atoms with Crippen molar-refractivity contribution in [3.63, 3.8) is 0 Å². The topological polar surface area (TPSA) is 46.6 Å². The second-order valence-electron chi connectivity index (χ2n) is 4.91. The lowest BCUT2D eigenvalue weighted by atomic mass is 10.0. The van der Waals surface area contributed by atoms with Crippen LogP contribution in [0.1, 0.15) is 17.5 Å². The van der Waals surface area contributed by atoms with E-state index in [4.69, 9.17) is 4.74 Å². The van der Waals surface area contributed by atoms with Crippen molar-refractivity contribution in [2.45, 2.75) is 26.3 Å². The summed E-state index contributed by atoms with van der Waals surface area (Å²) >= 11 is 1.30. The molecule has 0 N–H and O–H groups in total. The molecule has 1 atom stereocenters. The van der Waals surface area contributed by atoms with E-state index in [0.717, 1.165) is 22.6 Å². The fraction of sp³-hybridized carbons (Fsp3) is 0.467. The fourth-order valence-electron chi connectivity index (χ4n) is 2.55. The number of nitrogens with zero attached hydrogens (tertiary/aromatic N) is 1. The summed E-state index contributed by atoms with van der Waals surface area (Å²) < 4.78 is 4.97. The van der Waals surface area contributed by atoms with Crippen molar-refractivity contribution in [3.8, 4) is 0 Å². The number of aryl methyl sites for hydroxylation is 2. The molecule has 0 aromatic heterocycles. The zero-order chi connectivity index (χ0) is 14.7. The first-order valence-electron chi connectivity index (χ1n) is 6.60. The van der Waals surface area contributed by atoms with Gasteiger partial charge in [0.2, 0.25) is 5.12 Å². The number of rotatable bonds is 4. The molecular weight excluding hydrogens is 274 g/mol. The Kier molecular flexibility index (Phi) is 4.83. The molecule has 108 valence electrons. The van der Waals surface area contributed by atoms with Crippen LogP contribution in [-0.4, -0.2) is 36.5 Å². The van der Waals surface area contributed by atoms with E-state index >= 15 is 0 Å². The summed E-state index contributed by atoms with van der Waals surface area (Å²) in [5.74, 6) is 0.608. The van der Waals surface area contributed by atoms with Gasteiger partial charge in [-0.15, -0.1) is 0 Å². The third-order valence-corrected chi connectivity index (χ3v) is 4.43. The van der Waals surface area contributed by atoms with Gasteiger partial charge in [0.1, 0.15) is 12.6 Å². The van der Waals surface area contributed by atoms with Gasteiger partial charge in [-0.1, -0.05) is 30.0 Å². The predicted molar refractivity (Wildman–Crippen MR) is 81.1 cm³/mol. The Morgan fingerprint density at radius 1 is 1.40 bits per heavy atom. The van der Waals surface area contributed by atoms with Crippen molar-refractivity contribution in [1.29, 1.82) is 0 Å². The van der Waals surface area contributed by atoms with Crippen LogP contribution in [0.2, 0.25) is 0 Å². The second-order valence-corrected chi connectivity index (χ2v) is 6.01. The monoisotopic (exact) mass is 293 g/mol. The minimum atomic E-state index is -0.373. The summed E-state index contributed by atoms with van der Waals surface area (Å²) in [4.78, 5) is 26.1. The first kappa shape index (κ1) is 15.1. The highest BCUT2D eigenvalue weighted by Crippen LogP contribution is 2.32. The SMILES string of the molecule is COCC(=O)N(c1c(C)cccc1C)C1CCSC1=O. The third kappa shape index (κ3) is 2.88. The summed E-state index contributed by atoms with van der Waals surface area (Å²) in [6, 6.07) is 5.50. The van der Waals surface area contributed by atoms with E-state index < -0.39 is 0 Å². The largest absolute Gasteiger partial charge is 0.375 e. The van der Waals surface area contributed by atoms with Gasteiger partial charge in [-0.05, 0) is 31.4 Å². The molecule has 0 aliphatic carbocycles. The third-order valence-electron chi connectivity index (χ3n) is 3.44. The van der Waals surface area contributed by atoms with Gasteiger partial charge < -0.3 is 4.74 Å². The predicted octanol–water partition coefficient (Wildman–Crippen LogP) is 2.31. The Hall–Kier alpha value is -1.33. The number of ether oxygens (including phenoxy) is 1. The fourth-order valence-corrected chi connectivity index (χ4v) is 3.51. The molecule has 5 heteroatoms. The molecule has 1 unspecified atom stereocenters. The molecule has 2 rings (SSSR count). The van der Waals surface area contributed by atoms with Gasteiger partial charge in [-0.3, -0.25) is 14.5 Å². The molecule has 0 spiro atoms. The molecule has 1 aliphatic rings. The Morgan fingerprint density at radius 3 is 2.55 bits per heavy atom. The number of hydrogen-bond acceptors (Lipinski definition) is 4. The van der Waals surface area contributed by atoms with Crippen LogP contribution in [0.15, 0.2) is 18.2 Å². The number of amides is 1. The number of para-hydroxylation sites is 1. The van der Waals surface area contributed by atoms with Gasteiger partial charge in [-0.2, -0.15) is 0 Å². The van der Waals surface area contributed by atoms with E-state index in [0.29, 0.717) is 6.42 Å². The molecule has 1 saturated heterocycles. The quantitative estimate of drug-likeness (QED) is 0.854. The molecular formula is C15H19NO3S. The Bertz CT molecular complexity index is 510. The number of hydrogen-bond donors (Lipinski definition) is 0. The van der Waals surface area contributed by atoms with E-state index in [1.54, 1.807) is 4.90 Å². The zero-order valence-electron chi connectivity index (χ0n) is 12.0. The molecule has 1 amide bonds. The molecule has 1 aromatic carbocycles. The average Bonchev–Trinajstić information content (AvgIpc) is 2.80. The Morgan fingerprint density at radius 2 is 2.05 bits per heavy atom. The number of carbonyl (C=O) groups is 2. The summed E-state index contributed by atoms with van der Waals surface area (Å²) in [6.45, 7) is 3.91. The van der Waals surface area contributed by atoms with Crippen molar-refractivity contribution in [2.75, 3.05) is 24.4 Å². The Balaban J connectivity index is 2.46. The smallest absolute Gasteiger partial charge is 0.253 e. The van der Waals surface area contributed by atoms with Crippen molar-refractivity contribution in [3.05, 3.63) is 29.3 Å². The van der Waals surface area contributed by atoms with Crippen LogP contribution in [-0.2, 0) is 14.3 Å². The maximum absolute atomic E-state index is 12.4. The summed E-state index contributed by atoms with van der Waals surface area (Å²) in [5.41, 5.74) is 2.84. The molecule has 1 heterocycles. The number of thioether (sulfide) groups is 1. The molecule has 1 fully saturated rings. The van der Waals surface area contributed by atoms with Crippen LogP contribution in [0, 0.1) is 13.8 Å². The van der Waals surface area contributed by atoms with E-state index in [1.807, 2.05) is 32.0 Å². The molecule has 0 radical (unpaired) electrons. The molecule has 0 bridgehead atoms. The van der Waals surface area contributed by atoms with Gasteiger partial charge in [-0.25, -0.2) is 0 Å². The van der Waals surface area contributed by atoms with Crippen LogP contribution in [0.3, 0.4) is 0 Å². The van der Waals surface area contributed by atoms with Gasteiger partial charge in [0.15, 0.2) is 0 Å². The van der Waals surface area contributed by atoms with Gasteiger partial charge in [0, 0.05) is 12.9 Å². The van der Waals surface area contributed by atoms with Crippen molar-refractivity contribution in [2.24, 2.45) is 0 Å². The summed E-state index contributed by atoms with van der Waals surface area (Å²) in [6.07, 6.45) is 0.701. The molecule has 1 aliphatic heterocycles. The van der Waals surface area contributed by atoms with Crippen LogP contribution in [0.25, 0.3) is 0 Å². The number of benzene rings is 1. The molecule has 20 heavy (non-hydrogen) atoms. The van der Waals surface area contributed by atoms with Crippen LogP contribution >= 0.6 is 11.8 Å². The van der Waals surface area contributed by atoms with E-state index in [2.05, 4.69) is 0 Å². The normalized spacial score (nSPS) is 18.4. The van der Waals surface area contributed by atoms with Crippen molar-refractivity contribution < 1.29 is 14.3 Å². The van der Waals surface area contributed by atoms with Crippen molar-refractivity contribution in [1.82, 2.24) is 0 Å². The second kappa shape index (κ2) is 6.41. The minimum absolute atomic E-state index is 0.0117. The lowest BCUT2D eigenvalue weighted by Crippen LogP contribution is -2.45. The van der Waals surface area contributed by atoms with Gasteiger partial charge in [0.25, 0.3) is 5.91 Å². The molecule has 1 aromatic rings. The van der Waals surface area contributed by atoms with Crippen LogP contribution < -0.4 is 4.90 Å². The van der Waals surface area contributed by atoms with E-state index in [-0.39, 0.29) is 23.7 Å².